The highest BCUT2D eigenvalue weighted by molar-refractivity contribution is 5.69. The van der Waals surface area contributed by atoms with Crippen LogP contribution in [0.3, 0.4) is 0 Å². The second-order valence-electron chi connectivity index (χ2n) is 3.37. The first-order valence-electron chi connectivity index (χ1n) is 5.05. The van der Waals surface area contributed by atoms with Crippen molar-refractivity contribution in [3.63, 3.8) is 0 Å². The van der Waals surface area contributed by atoms with E-state index in [9.17, 15) is 9.70 Å². The normalized spacial score (nSPS) is 17.0. The second kappa shape index (κ2) is 5.89. The Bertz CT molecular complexity index is 325. The van der Waals surface area contributed by atoms with Gasteiger partial charge in [-0.3, -0.25) is 9.69 Å². The summed E-state index contributed by atoms with van der Waals surface area (Å²) in [5, 5.41) is 2.71. The summed E-state index contributed by atoms with van der Waals surface area (Å²) >= 11 is 0. The Hall–Kier alpha value is -1.85. The number of carbonyl (C=O) groups is 1. The third kappa shape index (κ3) is 3.08. The molecule has 1 rings (SSSR count). The van der Waals surface area contributed by atoms with Crippen LogP contribution in [0.25, 0.3) is 0 Å². The summed E-state index contributed by atoms with van der Waals surface area (Å²) in [5.41, 5.74) is 0. The Kier molecular flexibility index (Phi) is 4.50. The van der Waals surface area contributed by atoms with E-state index in [0.29, 0.717) is 12.2 Å². The van der Waals surface area contributed by atoms with E-state index in [-0.39, 0.29) is 12.7 Å². The third-order valence-corrected chi connectivity index (χ3v) is 2.11. The number of esters is 1. The van der Waals surface area contributed by atoms with Gasteiger partial charge in [0.25, 0.3) is 0 Å². The molecule has 0 aromatic carbocycles. The molecule has 0 aliphatic carbocycles. The predicted molar refractivity (Wildman–Crippen MR) is 58.5 cm³/mol. The van der Waals surface area contributed by atoms with Crippen molar-refractivity contribution in [2.24, 2.45) is 5.18 Å². The minimum absolute atomic E-state index is 0.0982. The zero-order valence-corrected chi connectivity index (χ0v) is 9.42. The summed E-state index contributed by atoms with van der Waals surface area (Å²) in [6.07, 6.45) is 5.81. The molecule has 0 unspecified atom stereocenters. The maximum Gasteiger partial charge on any atom is 0.307 e. The van der Waals surface area contributed by atoms with E-state index in [1.165, 1.54) is 6.20 Å². The van der Waals surface area contributed by atoms with E-state index >= 15 is 0 Å². The summed E-state index contributed by atoms with van der Waals surface area (Å²) in [7, 11) is 1.78. The van der Waals surface area contributed by atoms with Gasteiger partial charge in [-0.2, -0.15) is 0 Å². The molecule has 0 aromatic heterocycles. The largest absolute Gasteiger partial charge is 0.444 e. The molecular weight excluding hydrogens is 210 g/mol. The summed E-state index contributed by atoms with van der Waals surface area (Å²) in [6, 6.07) is 0. The molecule has 0 bridgehead atoms. The lowest BCUT2D eigenvalue weighted by molar-refractivity contribution is -0.146. The monoisotopic (exact) mass is 225 g/mol. The zero-order chi connectivity index (χ0) is 12.0. The number of ether oxygens (including phenoxy) is 1. The number of hydrogen-bond donors (Lipinski definition) is 0. The Morgan fingerprint density at radius 1 is 1.56 bits per heavy atom. The van der Waals surface area contributed by atoms with Crippen molar-refractivity contribution in [2.75, 3.05) is 13.8 Å². The van der Waals surface area contributed by atoms with Gasteiger partial charge in [0.2, 0.25) is 0 Å². The Morgan fingerprint density at radius 2 is 2.31 bits per heavy atom. The number of carbonyl (C=O) groups excluding carboxylic acids is 1. The minimum Gasteiger partial charge on any atom is -0.444 e. The van der Waals surface area contributed by atoms with Crippen molar-refractivity contribution in [1.82, 2.24) is 9.80 Å². The predicted octanol–water partition coefficient (Wildman–Crippen LogP) is 1.57. The van der Waals surface area contributed by atoms with Gasteiger partial charge in [0.05, 0.1) is 0 Å². The Balaban J connectivity index is 2.48. The Morgan fingerprint density at radius 3 is 2.94 bits per heavy atom. The maximum absolute atomic E-state index is 11.2. The number of hydrogen-bond acceptors (Lipinski definition) is 6. The minimum atomic E-state index is -0.246. The fraction of sp³-hybridized carbons (Fsp3) is 0.500. The van der Waals surface area contributed by atoms with E-state index in [2.05, 4.69) is 5.18 Å². The molecule has 0 saturated carbocycles. The van der Waals surface area contributed by atoms with Crippen LogP contribution >= 0.6 is 0 Å². The molecule has 0 spiro atoms. The van der Waals surface area contributed by atoms with Crippen molar-refractivity contribution < 1.29 is 9.53 Å². The van der Waals surface area contributed by atoms with Crippen molar-refractivity contribution >= 4 is 5.97 Å². The molecule has 0 aromatic rings. The summed E-state index contributed by atoms with van der Waals surface area (Å²) in [5.74, 6) is 0.336. The standard InChI is InChI=1S/C10H15N3O3/c1-3-4-10(14)16-8-13-6-5-12(2)9(13)7-11-15/h5-7H,3-4,8H2,1-2H3/b9-7-. The molecule has 0 fully saturated rings. The van der Waals surface area contributed by atoms with Crippen LogP contribution in [0.2, 0.25) is 0 Å². The molecule has 0 saturated heterocycles. The zero-order valence-electron chi connectivity index (χ0n) is 9.42. The van der Waals surface area contributed by atoms with Crippen molar-refractivity contribution in [3.05, 3.63) is 29.3 Å². The highest BCUT2D eigenvalue weighted by Crippen LogP contribution is 2.17. The number of nitroso groups, excluding NO2 is 1. The molecule has 1 aliphatic rings. The molecule has 0 amide bonds. The van der Waals surface area contributed by atoms with E-state index in [4.69, 9.17) is 4.74 Å². The molecule has 0 N–H and O–H groups in total. The lowest BCUT2D eigenvalue weighted by atomic mass is 10.3. The third-order valence-electron chi connectivity index (χ3n) is 2.11. The summed E-state index contributed by atoms with van der Waals surface area (Å²) in [6.45, 7) is 2.01. The van der Waals surface area contributed by atoms with Crippen LogP contribution < -0.4 is 0 Å². The quantitative estimate of drug-likeness (QED) is 0.525. The number of rotatable bonds is 5. The van der Waals surface area contributed by atoms with Gasteiger partial charge < -0.3 is 9.64 Å². The molecule has 6 nitrogen and oxygen atoms in total. The van der Waals surface area contributed by atoms with Crippen LogP contribution in [-0.4, -0.2) is 29.5 Å². The first-order chi connectivity index (χ1) is 7.69. The fourth-order valence-corrected chi connectivity index (χ4v) is 1.28. The van der Waals surface area contributed by atoms with Crippen LogP contribution in [-0.2, 0) is 9.53 Å². The SMILES string of the molecule is CCCC(=O)OCN1C=CN(C)/C1=C/N=O. The highest BCUT2D eigenvalue weighted by atomic mass is 16.5. The van der Waals surface area contributed by atoms with Gasteiger partial charge in [0.1, 0.15) is 12.0 Å². The summed E-state index contributed by atoms with van der Waals surface area (Å²) in [4.78, 5) is 24.7. The van der Waals surface area contributed by atoms with Crippen LogP contribution in [0.1, 0.15) is 19.8 Å². The second-order valence-corrected chi connectivity index (χ2v) is 3.37. The van der Waals surface area contributed by atoms with Crippen LogP contribution in [0.4, 0.5) is 0 Å². The van der Waals surface area contributed by atoms with Gasteiger partial charge in [-0.05, 0) is 11.6 Å². The molecule has 0 atom stereocenters. The molecule has 0 radical (unpaired) electrons. The molecular formula is C10H15N3O3. The topological polar surface area (TPSA) is 62.2 Å². The van der Waals surface area contributed by atoms with Crippen LogP contribution in [0.5, 0.6) is 0 Å². The Labute approximate surface area is 94.1 Å². The van der Waals surface area contributed by atoms with Gasteiger partial charge in [0.15, 0.2) is 6.73 Å². The smallest absolute Gasteiger partial charge is 0.307 e. The van der Waals surface area contributed by atoms with E-state index < -0.39 is 0 Å². The number of nitrogens with zero attached hydrogens (tertiary/aromatic N) is 3. The maximum atomic E-state index is 11.2. The highest BCUT2D eigenvalue weighted by Gasteiger charge is 2.17. The van der Waals surface area contributed by atoms with Crippen LogP contribution in [0.15, 0.2) is 29.6 Å². The van der Waals surface area contributed by atoms with E-state index in [1.54, 1.807) is 29.2 Å². The molecule has 88 valence electrons. The van der Waals surface area contributed by atoms with Gasteiger partial charge >= 0.3 is 5.97 Å². The molecule has 6 heteroatoms. The summed E-state index contributed by atoms with van der Waals surface area (Å²) < 4.78 is 5.02. The lowest BCUT2D eigenvalue weighted by Gasteiger charge is -2.20. The van der Waals surface area contributed by atoms with Crippen LogP contribution in [0, 0.1) is 4.91 Å². The molecule has 16 heavy (non-hydrogen) atoms. The van der Waals surface area contributed by atoms with Crippen molar-refractivity contribution in [3.8, 4) is 0 Å². The van der Waals surface area contributed by atoms with Crippen molar-refractivity contribution in [1.29, 1.82) is 0 Å². The van der Waals surface area contributed by atoms with Gasteiger partial charge in [-0.15, -0.1) is 4.91 Å². The average molecular weight is 225 g/mol. The lowest BCUT2D eigenvalue weighted by Crippen LogP contribution is -2.24. The first kappa shape index (κ1) is 12.2. The van der Waals surface area contributed by atoms with E-state index in [1.807, 2.05) is 6.92 Å². The first-order valence-corrected chi connectivity index (χ1v) is 5.05. The molecule has 1 heterocycles. The molecule has 1 aliphatic heterocycles. The van der Waals surface area contributed by atoms with Gasteiger partial charge in [-0.1, -0.05) is 6.92 Å². The van der Waals surface area contributed by atoms with Gasteiger partial charge in [0, 0.05) is 25.9 Å². The average Bonchev–Trinajstić information content (AvgIpc) is 2.59. The van der Waals surface area contributed by atoms with Crippen molar-refractivity contribution in [2.45, 2.75) is 19.8 Å². The van der Waals surface area contributed by atoms with Gasteiger partial charge in [-0.25, -0.2) is 0 Å². The fourth-order valence-electron chi connectivity index (χ4n) is 1.28. The van der Waals surface area contributed by atoms with E-state index in [0.717, 1.165) is 6.42 Å².